The maximum absolute atomic E-state index is 5.72. The smallest absolute Gasteiger partial charge is 0.0705 e. The van der Waals surface area contributed by atoms with E-state index in [1.54, 1.807) is 0 Å². The molecule has 0 aliphatic carbocycles. The summed E-state index contributed by atoms with van der Waals surface area (Å²) in [5.74, 6) is 6.76. The summed E-state index contributed by atoms with van der Waals surface area (Å²) >= 11 is 0. The zero-order chi connectivity index (χ0) is 13.1. The van der Waals surface area contributed by atoms with Gasteiger partial charge < -0.3 is 0 Å². The molecule has 0 fully saturated rings. The van der Waals surface area contributed by atoms with Crippen LogP contribution in [0.25, 0.3) is 10.9 Å². The van der Waals surface area contributed by atoms with E-state index < -0.39 is 0 Å². The summed E-state index contributed by atoms with van der Waals surface area (Å²) in [5.41, 5.74) is 5.15. The van der Waals surface area contributed by atoms with Crippen LogP contribution in [0.3, 0.4) is 0 Å². The predicted octanol–water partition coefficient (Wildman–Crippen LogP) is 3.03. The molecule has 3 N–H and O–H groups in total. The summed E-state index contributed by atoms with van der Waals surface area (Å²) < 4.78 is 0. The molecule has 2 rings (SSSR count). The van der Waals surface area contributed by atoms with Crippen LogP contribution >= 0.6 is 0 Å². The van der Waals surface area contributed by atoms with Gasteiger partial charge in [-0.3, -0.25) is 16.3 Å². The van der Waals surface area contributed by atoms with E-state index in [1.807, 2.05) is 12.3 Å². The van der Waals surface area contributed by atoms with E-state index in [0.29, 0.717) is 11.8 Å². The lowest BCUT2D eigenvalue weighted by molar-refractivity contribution is 0.306. The minimum atomic E-state index is 0.163. The lowest BCUT2D eigenvalue weighted by atomic mass is 9.86. The van der Waals surface area contributed by atoms with Gasteiger partial charge in [-0.2, -0.15) is 0 Å². The summed E-state index contributed by atoms with van der Waals surface area (Å²) in [7, 11) is 0. The first-order valence-corrected chi connectivity index (χ1v) is 6.44. The van der Waals surface area contributed by atoms with Crippen LogP contribution in [0.5, 0.6) is 0 Å². The Morgan fingerprint density at radius 2 is 1.94 bits per heavy atom. The number of benzene rings is 1. The number of fused-ring (bicyclic) bond motifs is 1. The first-order valence-electron chi connectivity index (χ1n) is 6.44. The summed E-state index contributed by atoms with van der Waals surface area (Å²) in [6.07, 6.45) is 1.82. The van der Waals surface area contributed by atoms with E-state index >= 15 is 0 Å². The Morgan fingerprint density at radius 1 is 1.17 bits per heavy atom. The van der Waals surface area contributed by atoms with Crippen molar-refractivity contribution in [1.29, 1.82) is 0 Å². The fourth-order valence-corrected chi connectivity index (χ4v) is 2.21. The molecular formula is C15H21N3. The number of hydrazine groups is 1. The van der Waals surface area contributed by atoms with Crippen molar-refractivity contribution in [2.45, 2.75) is 26.8 Å². The molecule has 1 heterocycles. The maximum Gasteiger partial charge on any atom is 0.0705 e. The first-order chi connectivity index (χ1) is 8.63. The normalized spacial score (nSPS) is 14.9. The SMILES string of the molecule is CC(C)C(C)C(NN)c1ccc2cccnc2c1. The molecule has 0 spiro atoms. The second kappa shape index (κ2) is 5.46. The third-order valence-electron chi connectivity index (χ3n) is 3.75. The van der Waals surface area contributed by atoms with Crippen LogP contribution in [0.15, 0.2) is 36.5 Å². The monoisotopic (exact) mass is 243 g/mol. The van der Waals surface area contributed by atoms with Crippen molar-refractivity contribution in [2.24, 2.45) is 17.7 Å². The van der Waals surface area contributed by atoms with Crippen LogP contribution in [0.2, 0.25) is 0 Å². The van der Waals surface area contributed by atoms with Gasteiger partial charge in [-0.1, -0.05) is 39.0 Å². The summed E-state index contributed by atoms with van der Waals surface area (Å²) in [6, 6.07) is 10.6. The van der Waals surface area contributed by atoms with Gasteiger partial charge in [-0.25, -0.2) is 0 Å². The third kappa shape index (κ3) is 2.52. The molecule has 0 saturated heterocycles. The molecule has 2 aromatic rings. The Kier molecular flexibility index (Phi) is 3.94. The number of nitrogens with two attached hydrogens (primary N) is 1. The van der Waals surface area contributed by atoms with Crippen molar-refractivity contribution in [3.8, 4) is 0 Å². The summed E-state index contributed by atoms with van der Waals surface area (Å²) in [4.78, 5) is 4.39. The lowest BCUT2D eigenvalue weighted by Gasteiger charge is -2.26. The topological polar surface area (TPSA) is 50.9 Å². The minimum absolute atomic E-state index is 0.163. The zero-order valence-electron chi connectivity index (χ0n) is 11.2. The van der Waals surface area contributed by atoms with E-state index in [4.69, 9.17) is 5.84 Å². The van der Waals surface area contributed by atoms with Gasteiger partial charge in [-0.15, -0.1) is 0 Å². The van der Waals surface area contributed by atoms with Crippen LogP contribution in [-0.2, 0) is 0 Å². The summed E-state index contributed by atoms with van der Waals surface area (Å²) in [6.45, 7) is 6.65. The molecule has 3 heteroatoms. The molecule has 0 saturated carbocycles. The Bertz CT molecular complexity index is 522. The largest absolute Gasteiger partial charge is 0.271 e. The second-order valence-corrected chi connectivity index (χ2v) is 5.20. The molecule has 1 aromatic heterocycles. The van der Waals surface area contributed by atoms with Crippen LogP contribution < -0.4 is 11.3 Å². The molecular weight excluding hydrogens is 222 g/mol. The number of nitrogens with one attached hydrogen (secondary N) is 1. The Hall–Kier alpha value is -1.45. The molecule has 3 nitrogen and oxygen atoms in total. The van der Waals surface area contributed by atoms with E-state index in [2.05, 4.69) is 55.4 Å². The van der Waals surface area contributed by atoms with Crippen molar-refractivity contribution >= 4 is 10.9 Å². The van der Waals surface area contributed by atoms with Gasteiger partial charge in [-0.05, 0) is 29.5 Å². The van der Waals surface area contributed by atoms with E-state index in [0.717, 1.165) is 10.9 Å². The van der Waals surface area contributed by atoms with Gasteiger partial charge in [0.2, 0.25) is 0 Å². The van der Waals surface area contributed by atoms with Crippen molar-refractivity contribution in [3.05, 3.63) is 42.1 Å². The Morgan fingerprint density at radius 3 is 2.61 bits per heavy atom. The first kappa shape index (κ1) is 13.0. The highest BCUT2D eigenvalue weighted by Gasteiger charge is 2.20. The third-order valence-corrected chi connectivity index (χ3v) is 3.75. The number of pyridine rings is 1. The molecule has 0 radical (unpaired) electrons. The zero-order valence-corrected chi connectivity index (χ0v) is 11.2. The fraction of sp³-hybridized carbons (Fsp3) is 0.400. The second-order valence-electron chi connectivity index (χ2n) is 5.20. The standard InChI is InChI=1S/C15H21N3/c1-10(2)11(3)15(18-16)13-7-6-12-5-4-8-17-14(12)9-13/h4-11,15,18H,16H2,1-3H3. The van der Waals surface area contributed by atoms with E-state index in [-0.39, 0.29) is 6.04 Å². The molecule has 2 atom stereocenters. The summed E-state index contributed by atoms with van der Waals surface area (Å²) in [5, 5.41) is 1.16. The van der Waals surface area contributed by atoms with Crippen LogP contribution in [-0.4, -0.2) is 4.98 Å². The fourth-order valence-electron chi connectivity index (χ4n) is 2.21. The van der Waals surface area contributed by atoms with Gasteiger partial charge in [0, 0.05) is 17.6 Å². The highest BCUT2D eigenvalue weighted by Crippen LogP contribution is 2.28. The number of aromatic nitrogens is 1. The van der Waals surface area contributed by atoms with Gasteiger partial charge >= 0.3 is 0 Å². The van der Waals surface area contributed by atoms with Crippen molar-refractivity contribution in [2.75, 3.05) is 0 Å². The highest BCUT2D eigenvalue weighted by atomic mass is 15.2. The quantitative estimate of drug-likeness (QED) is 0.641. The van der Waals surface area contributed by atoms with Gasteiger partial charge in [0.15, 0.2) is 0 Å². The Labute approximate surface area is 108 Å². The Balaban J connectivity index is 2.39. The molecule has 1 aromatic carbocycles. The molecule has 2 unspecified atom stereocenters. The number of nitrogens with zero attached hydrogens (tertiary/aromatic N) is 1. The van der Waals surface area contributed by atoms with Crippen molar-refractivity contribution < 1.29 is 0 Å². The van der Waals surface area contributed by atoms with Crippen LogP contribution in [0, 0.1) is 11.8 Å². The molecule has 96 valence electrons. The van der Waals surface area contributed by atoms with Gasteiger partial charge in [0.25, 0.3) is 0 Å². The highest BCUT2D eigenvalue weighted by molar-refractivity contribution is 5.78. The van der Waals surface area contributed by atoms with E-state index in [9.17, 15) is 0 Å². The van der Waals surface area contributed by atoms with Gasteiger partial charge in [0.1, 0.15) is 0 Å². The van der Waals surface area contributed by atoms with Gasteiger partial charge in [0.05, 0.1) is 5.52 Å². The van der Waals surface area contributed by atoms with Crippen LogP contribution in [0.4, 0.5) is 0 Å². The minimum Gasteiger partial charge on any atom is -0.271 e. The maximum atomic E-state index is 5.72. The number of rotatable bonds is 4. The molecule has 0 aliphatic rings. The van der Waals surface area contributed by atoms with Crippen molar-refractivity contribution in [3.63, 3.8) is 0 Å². The molecule has 0 aliphatic heterocycles. The molecule has 18 heavy (non-hydrogen) atoms. The number of hydrogen-bond acceptors (Lipinski definition) is 3. The number of hydrogen-bond donors (Lipinski definition) is 2. The predicted molar refractivity (Wildman–Crippen MR) is 75.8 cm³/mol. The average Bonchev–Trinajstić information content (AvgIpc) is 2.39. The van der Waals surface area contributed by atoms with E-state index in [1.165, 1.54) is 5.56 Å². The van der Waals surface area contributed by atoms with Crippen LogP contribution in [0.1, 0.15) is 32.4 Å². The van der Waals surface area contributed by atoms with Crippen molar-refractivity contribution in [1.82, 2.24) is 10.4 Å². The molecule has 0 amide bonds. The average molecular weight is 243 g/mol. The molecule has 0 bridgehead atoms. The lowest BCUT2D eigenvalue weighted by Crippen LogP contribution is -2.34.